The van der Waals surface area contributed by atoms with Gasteiger partial charge in [-0.15, -0.1) is 0 Å². The Balaban J connectivity index is 1.42. The fraction of sp³-hybridized carbons (Fsp3) is 0.350. The van der Waals surface area contributed by atoms with Gasteiger partial charge < -0.3 is 9.88 Å². The molecule has 10 heteroatoms. The number of carbonyl (C=O) groups is 1. The summed E-state index contributed by atoms with van der Waals surface area (Å²) in [6.07, 6.45) is 5.93. The topological polar surface area (TPSA) is 102 Å². The molecular weight excluding hydrogens is 404 g/mol. The molecule has 158 valence electrons. The largest absolute Gasteiger partial charge is 0.337 e. The summed E-state index contributed by atoms with van der Waals surface area (Å²) in [5.41, 5.74) is 1.45. The average molecular weight is 429 g/mol. The van der Waals surface area contributed by atoms with Crippen molar-refractivity contribution >= 4 is 21.6 Å². The van der Waals surface area contributed by atoms with Gasteiger partial charge in [-0.05, 0) is 38.0 Å². The number of nitrogens with one attached hydrogen (secondary N) is 1. The van der Waals surface area contributed by atoms with Crippen LogP contribution in [0.15, 0.2) is 53.9 Å². The highest BCUT2D eigenvalue weighted by Crippen LogP contribution is 2.26. The van der Waals surface area contributed by atoms with Gasteiger partial charge >= 0.3 is 0 Å². The van der Waals surface area contributed by atoms with E-state index in [-0.39, 0.29) is 29.9 Å². The number of rotatable bonds is 5. The van der Waals surface area contributed by atoms with Gasteiger partial charge in [0, 0.05) is 44.6 Å². The highest BCUT2D eigenvalue weighted by Gasteiger charge is 2.33. The molecule has 0 radical (unpaired) electrons. The Bertz CT molecular complexity index is 1130. The molecule has 0 bridgehead atoms. The Kier molecular flexibility index (Phi) is 5.44. The maximum atomic E-state index is 12.8. The second kappa shape index (κ2) is 8.04. The first-order chi connectivity index (χ1) is 14.4. The fourth-order valence-corrected chi connectivity index (χ4v) is 5.06. The Labute approximate surface area is 175 Å². The second-order valence-electron chi connectivity index (χ2n) is 7.37. The molecule has 0 saturated carbocycles. The number of benzene rings is 1. The number of aromatic nitrogens is 4. The number of sulfonamides is 1. The number of imidazole rings is 1. The minimum Gasteiger partial charge on any atom is -0.337 e. The molecule has 1 aliphatic heterocycles. The van der Waals surface area contributed by atoms with Crippen molar-refractivity contribution in [3.05, 3.63) is 54.7 Å². The Morgan fingerprint density at radius 1 is 1.17 bits per heavy atom. The summed E-state index contributed by atoms with van der Waals surface area (Å²) in [5, 5.41) is 7.26. The van der Waals surface area contributed by atoms with Crippen LogP contribution < -0.4 is 5.32 Å². The van der Waals surface area contributed by atoms with E-state index in [4.69, 9.17) is 0 Å². The van der Waals surface area contributed by atoms with Gasteiger partial charge in [-0.1, -0.05) is 12.1 Å². The molecule has 3 aromatic rings. The molecule has 9 nitrogen and oxygen atoms in total. The molecule has 1 fully saturated rings. The van der Waals surface area contributed by atoms with Crippen LogP contribution in [0.3, 0.4) is 0 Å². The van der Waals surface area contributed by atoms with Crippen LogP contribution in [0.4, 0.5) is 5.69 Å². The van der Waals surface area contributed by atoms with E-state index in [0.29, 0.717) is 24.4 Å². The van der Waals surface area contributed by atoms with E-state index >= 15 is 0 Å². The normalized spacial score (nSPS) is 15.9. The smallest absolute Gasteiger partial charge is 0.262 e. The van der Waals surface area contributed by atoms with E-state index in [1.165, 1.54) is 10.5 Å². The van der Waals surface area contributed by atoms with Gasteiger partial charge in [0.15, 0.2) is 5.03 Å². The fourth-order valence-electron chi connectivity index (χ4n) is 3.57. The quantitative estimate of drug-likeness (QED) is 0.669. The lowest BCUT2D eigenvalue weighted by Crippen LogP contribution is -2.41. The van der Waals surface area contributed by atoms with Crippen LogP contribution in [0.1, 0.15) is 18.7 Å². The van der Waals surface area contributed by atoms with Crippen molar-refractivity contribution in [3.8, 4) is 5.69 Å². The number of aryl methyl sites for hydroxylation is 2. The zero-order valence-electron chi connectivity index (χ0n) is 16.9. The van der Waals surface area contributed by atoms with Gasteiger partial charge in [0.05, 0.1) is 11.4 Å². The molecule has 0 aliphatic carbocycles. The number of carbonyl (C=O) groups excluding carboxylic acids is 1. The molecular formula is C20H24N6O3S. The van der Waals surface area contributed by atoms with Crippen LogP contribution in [-0.2, 0) is 21.9 Å². The number of nitrogens with zero attached hydrogens (tertiary/aromatic N) is 5. The lowest BCUT2D eigenvalue weighted by molar-refractivity contribution is -0.120. The molecule has 0 spiro atoms. The number of amides is 1. The lowest BCUT2D eigenvalue weighted by atomic mass is 9.97. The van der Waals surface area contributed by atoms with E-state index < -0.39 is 10.0 Å². The van der Waals surface area contributed by atoms with Gasteiger partial charge in [0.1, 0.15) is 5.82 Å². The number of piperidine rings is 1. The summed E-state index contributed by atoms with van der Waals surface area (Å²) in [7, 11) is -1.89. The third kappa shape index (κ3) is 3.88. The average Bonchev–Trinajstić information content (AvgIpc) is 3.39. The summed E-state index contributed by atoms with van der Waals surface area (Å²) in [6.45, 7) is 2.34. The standard InChI is InChI=1S/C20H24N6O3S/c1-15-22-19(14-24(15)2)30(28,29)25-12-8-16(9-13-25)20(27)23-17-6-3-4-7-18(17)26-11-5-10-21-26/h3-7,10-11,14,16H,8-9,12-13H2,1-2H3,(H,23,27). The van der Waals surface area contributed by atoms with Crippen LogP contribution in [0.5, 0.6) is 0 Å². The van der Waals surface area contributed by atoms with Crippen molar-refractivity contribution in [2.24, 2.45) is 13.0 Å². The summed E-state index contributed by atoms with van der Waals surface area (Å²) in [4.78, 5) is 17.0. The maximum absolute atomic E-state index is 12.8. The minimum absolute atomic E-state index is 0.0542. The highest BCUT2D eigenvalue weighted by atomic mass is 32.2. The third-order valence-corrected chi connectivity index (χ3v) is 7.20. The number of hydrogen-bond acceptors (Lipinski definition) is 5. The number of anilines is 1. The summed E-state index contributed by atoms with van der Waals surface area (Å²) in [5.74, 6) is 0.270. The molecule has 2 aromatic heterocycles. The zero-order chi connectivity index (χ0) is 21.3. The molecule has 1 N–H and O–H groups in total. The van der Waals surface area contributed by atoms with E-state index in [1.54, 1.807) is 29.4 Å². The SMILES string of the molecule is Cc1nc(S(=O)(=O)N2CCC(C(=O)Nc3ccccc3-n3cccn3)CC2)cn1C. The van der Waals surface area contributed by atoms with Gasteiger partial charge in [0.2, 0.25) is 5.91 Å². The van der Waals surface area contributed by atoms with Gasteiger partial charge in [-0.25, -0.2) is 18.1 Å². The minimum atomic E-state index is -3.65. The molecule has 1 aliphatic rings. The third-order valence-electron chi connectivity index (χ3n) is 5.43. The van der Waals surface area contributed by atoms with Crippen LogP contribution >= 0.6 is 0 Å². The van der Waals surface area contributed by atoms with Crippen molar-refractivity contribution in [3.63, 3.8) is 0 Å². The van der Waals surface area contributed by atoms with Crippen molar-refractivity contribution in [1.82, 2.24) is 23.6 Å². The molecule has 1 amide bonds. The highest BCUT2D eigenvalue weighted by molar-refractivity contribution is 7.89. The summed E-state index contributed by atoms with van der Waals surface area (Å²) >= 11 is 0. The van der Waals surface area contributed by atoms with Crippen molar-refractivity contribution in [2.75, 3.05) is 18.4 Å². The predicted octanol–water partition coefficient (Wildman–Crippen LogP) is 1.95. The van der Waals surface area contributed by atoms with Crippen LogP contribution in [-0.4, -0.2) is 51.1 Å². The first-order valence-corrected chi connectivity index (χ1v) is 11.2. The first kappa shape index (κ1) is 20.3. The summed E-state index contributed by atoms with van der Waals surface area (Å²) in [6, 6.07) is 9.27. The van der Waals surface area contributed by atoms with E-state index in [2.05, 4.69) is 15.4 Å². The van der Waals surface area contributed by atoms with Gasteiger partial charge in [-0.2, -0.15) is 9.40 Å². The zero-order valence-corrected chi connectivity index (χ0v) is 17.7. The molecule has 4 rings (SSSR count). The number of hydrogen-bond donors (Lipinski definition) is 1. The molecule has 1 aromatic carbocycles. The molecule has 3 heterocycles. The van der Waals surface area contributed by atoms with Crippen LogP contribution in [0.2, 0.25) is 0 Å². The Hall–Kier alpha value is -2.98. The molecule has 1 saturated heterocycles. The predicted molar refractivity (Wildman–Crippen MR) is 112 cm³/mol. The second-order valence-corrected chi connectivity index (χ2v) is 9.26. The Morgan fingerprint density at radius 3 is 2.53 bits per heavy atom. The van der Waals surface area contributed by atoms with Crippen molar-refractivity contribution in [2.45, 2.75) is 24.8 Å². The van der Waals surface area contributed by atoms with Crippen molar-refractivity contribution in [1.29, 1.82) is 0 Å². The molecule has 0 atom stereocenters. The van der Waals surface area contributed by atoms with E-state index in [0.717, 1.165) is 5.69 Å². The number of para-hydroxylation sites is 2. The van der Waals surface area contributed by atoms with Crippen LogP contribution in [0, 0.1) is 12.8 Å². The first-order valence-electron chi connectivity index (χ1n) is 9.76. The summed E-state index contributed by atoms with van der Waals surface area (Å²) < 4.78 is 30.5. The van der Waals surface area contributed by atoms with Crippen LogP contribution in [0.25, 0.3) is 5.69 Å². The van der Waals surface area contributed by atoms with Gasteiger partial charge in [0.25, 0.3) is 10.0 Å². The van der Waals surface area contributed by atoms with E-state index in [1.807, 2.05) is 36.5 Å². The Morgan fingerprint density at radius 2 is 1.90 bits per heavy atom. The molecule has 0 unspecified atom stereocenters. The molecule has 30 heavy (non-hydrogen) atoms. The van der Waals surface area contributed by atoms with Crippen molar-refractivity contribution < 1.29 is 13.2 Å². The van der Waals surface area contributed by atoms with E-state index in [9.17, 15) is 13.2 Å². The maximum Gasteiger partial charge on any atom is 0.262 e. The monoisotopic (exact) mass is 428 g/mol. The lowest BCUT2D eigenvalue weighted by Gasteiger charge is -2.30. The van der Waals surface area contributed by atoms with Gasteiger partial charge in [-0.3, -0.25) is 4.79 Å².